The van der Waals surface area contributed by atoms with E-state index in [0.29, 0.717) is 21.4 Å². The largest absolute Gasteiger partial charge is 0.544 e. The summed E-state index contributed by atoms with van der Waals surface area (Å²) in [4.78, 5) is 26.9. The first-order valence-electron chi connectivity index (χ1n) is 6.10. The first kappa shape index (κ1) is 15.5. The number of aryl methyl sites for hydroxylation is 2. The average Bonchev–Trinajstić information content (AvgIpc) is 2.74. The number of carboxylic acid groups (broad SMARTS) is 1. The third kappa shape index (κ3) is 3.80. The summed E-state index contributed by atoms with van der Waals surface area (Å²) in [6, 6.07) is 5.21. The molecule has 0 unspecified atom stereocenters. The van der Waals surface area contributed by atoms with E-state index in [1.807, 2.05) is 6.92 Å². The maximum atomic E-state index is 12.0. The van der Waals surface area contributed by atoms with E-state index < -0.39 is 5.97 Å². The van der Waals surface area contributed by atoms with Gasteiger partial charge in [-0.3, -0.25) is 4.79 Å². The van der Waals surface area contributed by atoms with Crippen molar-refractivity contribution in [2.24, 2.45) is 0 Å². The lowest BCUT2D eigenvalue weighted by Crippen LogP contribution is -2.21. The molecule has 0 radical (unpaired) electrons. The predicted molar refractivity (Wildman–Crippen MR) is 79.7 cm³/mol. The number of halogens is 1. The van der Waals surface area contributed by atoms with Gasteiger partial charge in [-0.05, 0) is 31.5 Å². The maximum absolute atomic E-state index is 12.0. The molecule has 21 heavy (non-hydrogen) atoms. The molecule has 0 fully saturated rings. The molecule has 0 spiro atoms. The van der Waals surface area contributed by atoms with Crippen LogP contribution in [0.5, 0.6) is 0 Å². The molecule has 2 aromatic rings. The monoisotopic (exact) mass is 323 g/mol. The Labute approximate surface area is 130 Å². The van der Waals surface area contributed by atoms with Crippen molar-refractivity contribution in [2.75, 3.05) is 5.32 Å². The molecule has 0 aliphatic carbocycles. The lowest BCUT2D eigenvalue weighted by atomic mass is 10.2. The molecule has 0 saturated carbocycles. The fourth-order valence-electron chi connectivity index (χ4n) is 1.78. The quantitative estimate of drug-likeness (QED) is 0.932. The SMILES string of the molecule is Cc1ccc(Cl)cc1NC(=O)Cc1nc(C)c(C(=O)[O-])s1. The van der Waals surface area contributed by atoms with E-state index in [1.165, 1.54) is 0 Å². The van der Waals surface area contributed by atoms with Gasteiger partial charge in [0, 0.05) is 10.7 Å². The number of amides is 1. The molecule has 1 amide bonds. The topological polar surface area (TPSA) is 82.1 Å². The van der Waals surface area contributed by atoms with E-state index in [9.17, 15) is 14.7 Å². The summed E-state index contributed by atoms with van der Waals surface area (Å²) in [5, 5.41) is 14.5. The number of carbonyl (C=O) groups is 2. The summed E-state index contributed by atoms with van der Waals surface area (Å²) >= 11 is 6.84. The van der Waals surface area contributed by atoms with Crippen LogP contribution in [0.3, 0.4) is 0 Å². The summed E-state index contributed by atoms with van der Waals surface area (Å²) < 4.78 is 0. The lowest BCUT2D eigenvalue weighted by molar-refractivity contribution is -0.254. The van der Waals surface area contributed by atoms with Gasteiger partial charge in [-0.1, -0.05) is 17.7 Å². The minimum atomic E-state index is -1.28. The van der Waals surface area contributed by atoms with Crippen molar-refractivity contribution in [3.63, 3.8) is 0 Å². The third-order valence-electron chi connectivity index (χ3n) is 2.81. The molecular weight excluding hydrogens is 312 g/mol. The van der Waals surface area contributed by atoms with Crippen molar-refractivity contribution < 1.29 is 14.7 Å². The van der Waals surface area contributed by atoms with Crippen LogP contribution in [0.1, 0.15) is 25.9 Å². The summed E-state index contributed by atoms with van der Waals surface area (Å²) in [5.74, 6) is -1.55. The van der Waals surface area contributed by atoms with Crippen molar-refractivity contribution in [1.82, 2.24) is 4.98 Å². The van der Waals surface area contributed by atoms with Crippen molar-refractivity contribution >= 4 is 40.5 Å². The van der Waals surface area contributed by atoms with Crippen LogP contribution >= 0.6 is 22.9 Å². The number of hydrogen-bond donors (Lipinski definition) is 1. The smallest absolute Gasteiger partial charge is 0.231 e. The van der Waals surface area contributed by atoms with Crippen molar-refractivity contribution in [1.29, 1.82) is 0 Å². The molecule has 0 aliphatic heterocycles. The molecule has 5 nitrogen and oxygen atoms in total. The summed E-state index contributed by atoms with van der Waals surface area (Å²) in [6.07, 6.45) is 0.00470. The maximum Gasteiger partial charge on any atom is 0.231 e. The molecule has 1 aromatic carbocycles. The Balaban J connectivity index is 2.10. The molecule has 1 N–H and O–H groups in total. The summed E-state index contributed by atoms with van der Waals surface area (Å²) in [7, 11) is 0. The Kier molecular flexibility index (Phi) is 4.59. The van der Waals surface area contributed by atoms with Crippen LogP contribution in [0.2, 0.25) is 5.02 Å². The van der Waals surface area contributed by atoms with Gasteiger partial charge < -0.3 is 15.2 Å². The number of aromatic carboxylic acids is 1. The number of nitrogens with zero attached hydrogens (tertiary/aromatic N) is 1. The Morgan fingerprint density at radius 2 is 2.10 bits per heavy atom. The number of carbonyl (C=O) groups excluding carboxylic acids is 2. The Bertz CT molecular complexity index is 712. The Morgan fingerprint density at radius 1 is 1.38 bits per heavy atom. The molecule has 2 rings (SSSR count). The highest BCUT2D eigenvalue weighted by Gasteiger charge is 2.13. The molecule has 0 bridgehead atoms. The average molecular weight is 324 g/mol. The second kappa shape index (κ2) is 6.24. The van der Waals surface area contributed by atoms with E-state index >= 15 is 0 Å². The van der Waals surface area contributed by atoms with Gasteiger partial charge in [0.05, 0.1) is 23.0 Å². The Hall–Kier alpha value is -1.92. The molecule has 7 heteroatoms. The first-order valence-corrected chi connectivity index (χ1v) is 7.30. The van der Waals surface area contributed by atoms with Gasteiger partial charge >= 0.3 is 0 Å². The highest BCUT2D eigenvalue weighted by Crippen LogP contribution is 2.21. The second-order valence-electron chi connectivity index (χ2n) is 4.49. The van der Waals surface area contributed by atoms with E-state index in [4.69, 9.17) is 11.6 Å². The zero-order chi connectivity index (χ0) is 15.6. The van der Waals surface area contributed by atoms with Gasteiger partial charge in [0.1, 0.15) is 5.01 Å². The summed E-state index contributed by atoms with van der Waals surface area (Å²) in [6.45, 7) is 3.43. The molecule has 1 aromatic heterocycles. The van der Waals surface area contributed by atoms with Crippen LogP contribution in [0.25, 0.3) is 0 Å². The second-order valence-corrected chi connectivity index (χ2v) is 6.01. The molecule has 0 atom stereocenters. The van der Waals surface area contributed by atoms with E-state index in [-0.39, 0.29) is 17.2 Å². The molecule has 0 saturated heterocycles. The van der Waals surface area contributed by atoms with Crippen LogP contribution in [0.15, 0.2) is 18.2 Å². The lowest BCUT2D eigenvalue weighted by Gasteiger charge is -2.07. The van der Waals surface area contributed by atoms with Crippen LogP contribution < -0.4 is 10.4 Å². The highest BCUT2D eigenvalue weighted by molar-refractivity contribution is 7.13. The minimum Gasteiger partial charge on any atom is -0.544 e. The van der Waals surface area contributed by atoms with E-state index in [1.54, 1.807) is 25.1 Å². The molecule has 110 valence electrons. The van der Waals surface area contributed by atoms with Gasteiger partial charge in [-0.2, -0.15) is 0 Å². The standard InChI is InChI=1S/C14H13ClN2O3S/c1-7-3-4-9(15)5-10(7)17-11(18)6-12-16-8(2)13(21-12)14(19)20/h3-5H,6H2,1-2H3,(H,17,18)(H,19,20)/p-1. The summed E-state index contributed by atoms with van der Waals surface area (Å²) in [5.41, 5.74) is 1.88. The van der Waals surface area contributed by atoms with E-state index in [0.717, 1.165) is 16.9 Å². The fourth-order valence-corrected chi connectivity index (χ4v) is 2.85. The van der Waals surface area contributed by atoms with Crippen LogP contribution in [0, 0.1) is 13.8 Å². The number of hydrogen-bond acceptors (Lipinski definition) is 5. The molecule has 1 heterocycles. The highest BCUT2D eigenvalue weighted by atomic mass is 35.5. The number of aromatic nitrogens is 1. The number of carboxylic acids is 1. The van der Waals surface area contributed by atoms with Crippen LogP contribution in [0.4, 0.5) is 5.69 Å². The normalized spacial score (nSPS) is 10.4. The van der Waals surface area contributed by atoms with Crippen LogP contribution in [-0.2, 0) is 11.2 Å². The van der Waals surface area contributed by atoms with Crippen molar-refractivity contribution in [3.8, 4) is 0 Å². The number of benzene rings is 1. The first-order chi connectivity index (χ1) is 9.86. The van der Waals surface area contributed by atoms with Gasteiger partial charge in [0.25, 0.3) is 0 Å². The number of thiazole rings is 1. The third-order valence-corrected chi connectivity index (χ3v) is 4.18. The van der Waals surface area contributed by atoms with Gasteiger partial charge in [-0.25, -0.2) is 4.98 Å². The van der Waals surface area contributed by atoms with E-state index in [2.05, 4.69) is 10.3 Å². The van der Waals surface area contributed by atoms with Gasteiger partial charge in [-0.15, -0.1) is 11.3 Å². The zero-order valence-electron chi connectivity index (χ0n) is 11.4. The van der Waals surface area contributed by atoms with Gasteiger partial charge in [0.2, 0.25) is 5.91 Å². The van der Waals surface area contributed by atoms with Crippen LogP contribution in [-0.4, -0.2) is 16.9 Å². The number of anilines is 1. The van der Waals surface area contributed by atoms with Gasteiger partial charge in [0.15, 0.2) is 0 Å². The number of nitrogens with one attached hydrogen (secondary N) is 1. The fraction of sp³-hybridized carbons (Fsp3) is 0.214. The Morgan fingerprint density at radius 3 is 2.71 bits per heavy atom. The predicted octanol–water partition coefficient (Wildman–Crippen LogP) is 1.96. The molecular formula is C14H12ClN2O3S-. The van der Waals surface area contributed by atoms with Crippen molar-refractivity contribution in [2.45, 2.75) is 20.3 Å². The zero-order valence-corrected chi connectivity index (χ0v) is 13.0. The minimum absolute atomic E-state index is 0.00470. The van der Waals surface area contributed by atoms with Crippen molar-refractivity contribution in [3.05, 3.63) is 44.4 Å². The molecule has 0 aliphatic rings. The number of rotatable bonds is 4.